The first-order chi connectivity index (χ1) is 7.68. The van der Waals surface area contributed by atoms with Crippen LogP contribution in [-0.2, 0) is 9.59 Å². The third kappa shape index (κ3) is 1.14. The van der Waals surface area contributed by atoms with Crippen LogP contribution in [0.15, 0.2) is 0 Å². The van der Waals surface area contributed by atoms with Gasteiger partial charge in [-0.25, -0.2) is 0 Å². The standard InChI is InChI=1S/C13H19NO2/c1-2-13-5-3-7-14-11(16)8-9(12(13)14)10(15)4-6-13/h9,12H,2-8H2,1H3/t9-,12-,13+/m0/s1. The Morgan fingerprint density at radius 2 is 2.19 bits per heavy atom. The predicted molar refractivity (Wildman–Crippen MR) is 59.8 cm³/mol. The molecular weight excluding hydrogens is 202 g/mol. The molecular formula is C13H19NO2. The van der Waals surface area contributed by atoms with Crippen molar-refractivity contribution < 1.29 is 9.59 Å². The molecule has 2 saturated heterocycles. The molecule has 2 heterocycles. The first-order valence-electron chi connectivity index (χ1n) is 6.50. The molecule has 3 rings (SSSR count). The molecule has 3 fully saturated rings. The van der Waals surface area contributed by atoms with Gasteiger partial charge in [-0.3, -0.25) is 9.59 Å². The van der Waals surface area contributed by atoms with Crippen LogP contribution in [0.4, 0.5) is 0 Å². The Morgan fingerprint density at radius 1 is 1.38 bits per heavy atom. The van der Waals surface area contributed by atoms with Gasteiger partial charge >= 0.3 is 0 Å². The molecule has 2 aliphatic heterocycles. The van der Waals surface area contributed by atoms with E-state index in [1.165, 1.54) is 6.42 Å². The van der Waals surface area contributed by atoms with E-state index in [0.29, 0.717) is 18.6 Å². The normalized spacial score (nSPS) is 42.4. The molecule has 0 bridgehead atoms. The summed E-state index contributed by atoms with van der Waals surface area (Å²) < 4.78 is 0. The SMILES string of the molecule is CC[C@@]12CCCN3C(=O)C[C@@H](C(=O)CC1)[C@H]32. The van der Waals surface area contributed by atoms with Crippen LogP contribution in [0.2, 0.25) is 0 Å². The molecule has 0 aromatic heterocycles. The van der Waals surface area contributed by atoms with Crippen LogP contribution in [0.5, 0.6) is 0 Å². The molecule has 1 amide bonds. The summed E-state index contributed by atoms with van der Waals surface area (Å²) in [6, 6.07) is 0.250. The van der Waals surface area contributed by atoms with E-state index in [4.69, 9.17) is 0 Å². The lowest BCUT2D eigenvalue weighted by Crippen LogP contribution is -2.55. The van der Waals surface area contributed by atoms with Crippen LogP contribution in [0, 0.1) is 11.3 Å². The summed E-state index contributed by atoms with van der Waals surface area (Å²) in [5.74, 6) is 0.594. The zero-order valence-corrected chi connectivity index (χ0v) is 9.87. The predicted octanol–water partition coefficient (Wildman–Crippen LogP) is 1.76. The molecule has 1 saturated carbocycles. The molecule has 16 heavy (non-hydrogen) atoms. The number of piperidine rings is 1. The highest BCUT2D eigenvalue weighted by Crippen LogP contribution is 2.52. The van der Waals surface area contributed by atoms with Gasteiger partial charge in [0.25, 0.3) is 0 Å². The van der Waals surface area contributed by atoms with Crippen molar-refractivity contribution in [1.29, 1.82) is 0 Å². The highest BCUT2D eigenvalue weighted by Gasteiger charge is 2.57. The minimum atomic E-state index is 0.0292. The number of amides is 1. The van der Waals surface area contributed by atoms with Crippen molar-refractivity contribution in [1.82, 2.24) is 4.90 Å². The molecule has 3 aliphatic rings. The third-order valence-corrected chi connectivity index (χ3v) is 5.12. The van der Waals surface area contributed by atoms with Crippen LogP contribution >= 0.6 is 0 Å². The minimum Gasteiger partial charge on any atom is -0.338 e. The Bertz CT molecular complexity index is 352. The Kier molecular flexibility index (Phi) is 2.13. The van der Waals surface area contributed by atoms with Gasteiger partial charge in [-0.1, -0.05) is 6.92 Å². The molecule has 0 N–H and O–H groups in total. The summed E-state index contributed by atoms with van der Waals surface area (Å²) in [6.07, 6.45) is 5.65. The van der Waals surface area contributed by atoms with Crippen molar-refractivity contribution in [3.05, 3.63) is 0 Å². The molecule has 3 heteroatoms. The maximum atomic E-state index is 11.9. The number of Topliss-reactive ketones (excluding diaryl/α,β-unsaturated/α-hetero) is 1. The summed E-state index contributed by atoms with van der Waals surface area (Å²) in [7, 11) is 0. The van der Waals surface area contributed by atoms with Crippen LogP contribution in [0.3, 0.4) is 0 Å². The Morgan fingerprint density at radius 3 is 2.94 bits per heavy atom. The second-order valence-corrected chi connectivity index (χ2v) is 5.63. The Labute approximate surface area is 96.2 Å². The van der Waals surface area contributed by atoms with Crippen molar-refractivity contribution in [2.75, 3.05) is 6.54 Å². The summed E-state index contributed by atoms with van der Waals surface area (Å²) in [5, 5.41) is 0. The molecule has 0 spiro atoms. The lowest BCUT2D eigenvalue weighted by Gasteiger charge is -2.51. The summed E-state index contributed by atoms with van der Waals surface area (Å²) >= 11 is 0. The van der Waals surface area contributed by atoms with E-state index in [9.17, 15) is 9.59 Å². The highest BCUT2D eigenvalue weighted by atomic mass is 16.2. The fourth-order valence-corrected chi connectivity index (χ4v) is 4.24. The van der Waals surface area contributed by atoms with Crippen LogP contribution < -0.4 is 0 Å². The number of carbonyl (C=O) groups is 2. The molecule has 0 aromatic carbocycles. The lowest BCUT2D eigenvalue weighted by molar-refractivity contribution is -0.137. The Hall–Kier alpha value is -0.860. The second kappa shape index (κ2) is 3.31. The molecule has 3 nitrogen and oxygen atoms in total. The van der Waals surface area contributed by atoms with Crippen molar-refractivity contribution in [3.63, 3.8) is 0 Å². The van der Waals surface area contributed by atoms with Gasteiger partial charge < -0.3 is 4.90 Å². The molecule has 3 atom stereocenters. The van der Waals surface area contributed by atoms with E-state index in [2.05, 4.69) is 6.92 Å². The second-order valence-electron chi connectivity index (χ2n) is 5.63. The van der Waals surface area contributed by atoms with Gasteiger partial charge in [0.05, 0.1) is 0 Å². The first-order valence-corrected chi connectivity index (χ1v) is 6.50. The van der Waals surface area contributed by atoms with E-state index in [-0.39, 0.29) is 23.3 Å². The molecule has 0 unspecified atom stereocenters. The van der Waals surface area contributed by atoms with Crippen molar-refractivity contribution in [3.8, 4) is 0 Å². The van der Waals surface area contributed by atoms with E-state index in [0.717, 1.165) is 25.8 Å². The number of hydrogen-bond acceptors (Lipinski definition) is 2. The van der Waals surface area contributed by atoms with Gasteiger partial charge in [-0.2, -0.15) is 0 Å². The van der Waals surface area contributed by atoms with Crippen LogP contribution in [0.1, 0.15) is 45.4 Å². The van der Waals surface area contributed by atoms with Crippen molar-refractivity contribution >= 4 is 11.7 Å². The van der Waals surface area contributed by atoms with Crippen molar-refractivity contribution in [2.24, 2.45) is 11.3 Å². The molecule has 0 radical (unpaired) electrons. The fourth-order valence-electron chi connectivity index (χ4n) is 4.24. The zero-order valence-electron chi connectivity index (χ0n) is 9.87. The fraction of sp³-hybridized carbons (Fsp3) is 0.846. The van der Waals surface area contributed by atoms with Gasteiger partial charge in [0.2, 0.25) is 5.91 Å². The molecule has 0 aromatic rings. The number of hydrogen-bond donors (Lipinski definition) is 0. The maximum absolute atomic E-state index is 11.9. The monoisotopic (exact) mass is 221 g/mol. The van der Waals surface area contributed by atoms with E-state index in [1.54, 1.807) is 0 Å². The van der Waals surface area contributed by atoms with Crippen molar-refractivity contribution in [2.45, 2.75) is 51.5 Å². The smallest absolute Gasteiger partial charge is 0.223 e. The topological polar surface area (TPSA) is 37.4 Å². The number of rotatable bonds is 1. The molecule has 88 valence electrons. The number of nitrogens with zero attached hydrogens (tertiary/aromatic N) is 1. The number of ketones is 1. The van der Waals surface area contributed by atoms with Gasteiger partial charge in [0, 0.05) is 31.3 Å². The average Bonchev–Trinajstić information content (AvgIpc) is 2.65. The minimum absolute atomic E-state index is 0.0292. The summed E-state index contributed by atoms with van der Waals surface area (Å²) in [6.45, 7) is 3.11. The average molecular weight is 221 g/mol. The van der Waals surface area contributed by atoms with Crippen LogP contribution in [0.25, 0.3) is 0 Å². The highest BCUT2D eigenvalue weighted by molar-refractivity contribution is 5.92. The van der Waals surface area contributed by atoms with Gasteiger partial charge in [-0.15, -0.1) is 0 Å². The van der Waals surface area contributed by atoms with E-state index in [1.807, 2.05) is 4.90 Å². The maximum Gasteiger partial charge on any atom is 0.223 e. The quantitative estimate of drug-likeness (QED) is 0.676. The third-order valence-electron chi connectivity index (χ3n) is 5.12. The van der Waals surface area contributed by atoms with Gasteiger partial charge in [0.15, 0.2) is 0 Å². The van der Waals surface area contributed by atoms with E-state index >= 15 is 0 Å². The number of carbonyl (C=O) groups excluding carboxylic acids is 2. The first kappa shape index (κ1) is 10.3. The Balaban J connectivity index is 2.02. The summed E-state index contributed by atoms with van der Waals surface area (Å²) in [4.78, 5) is 25.9. The molecule has 1 aliphatic carbocycles. The van der Waals surface area contributed by atoms with Crippen LogP contribution in [-0.4, -0.2) is 29.2 Å². The van der Waals surface area contributed by atoms with Gasteiger partial charge in [0.1, 0.15) is 5.78 Å². The zero-order chi connectivity index (χ0) is 11.3. The van der Waals surface area contributed by atoms with Gasteiger partial charge in [-0.05, 0) is 31.1 Å². The summed E-state index contributed by atoms with van der Waals surface area (Å²) in [5.41, 5.74) is 0.267. The largest absolute Gasteiger partial charge is 0.338 e. The lowest BCUT2D eigenvalue weighted by atomic mass is 9.61. The van der Waals surface area contributed by atoms with E-state index < -0.39 is 0 Å².